The average Bonchev–Trinajstić information content (AvgIpc) is 2.29. The van der Waals surface area contributed by atoms with Crippen molar-refractivity contribution in [1.82, 2.24) is 5.32 Å². The molecular weight excluding hydrogens is 190 g/mol. The molecule has 1 rings (SSSR count). The predicted molar refractivity (Wildman–Crippen MR) is 62.5 cm³/mol. The molecule has 0 bridgehead atoms. The van der Waals surface area contributed by atoms with Gasteiger partial charge in [0, 0.05) is 18.2 Å². The van der Waals surface area contributed by atoms with E-state index in [1.807, 2.05) is 37.4 Å². The van der Waals surface area contributed by atoms with Crippen LogP contribution in [0.5, 0.6) is 11.5 Å². The number of ether oxygens (including phenoxy) is 2. The van der Waals surface area contributed by atoms with E-state index >= 15 is 0 Å². The normalized spacial score (nSPS) is 10.6. The number of methoxy groups -OCH3 is 2. The molecule has 0 heterocycles. The van der Waals surface area contributed by atoms with Crippen molar-refractivity contribution in [3.63, 3.8) is 0 Å². The topological polar surface area (TPSA) is 30.5 Å². The van der Waals surface area contributed by atoms with Gasteiger partial charge in [0.05, 0.1) is 14.2 Å². The molecular formula is C12H17NO2. The monoisotopic (exact) mass is 207 g/mol. The number of rotatable bonds is 5. The minimum Gasteiger partial charge on any atom is -0.497 e. The van der Waals surface area contributed by atoms with Crippen molar-refractivity contribution < 1.29 is 9.47 Å². The van der Waals surface area contributed by atoms with Crippen LogP contribution >= 0.6 is 0 Å². The summed E-state index contributed by atoms with van der Waals surface area (Å²) in [5, 5.41) is 3.05. The fourth-order valence-electron chi connectivity index (χ4n) is 1.26. The molecule has 0 saturated carbocycles. The fraction of sp³-hybridized carbons (Fsp3) is 0.333. The maximum atomic E-state index is 5.27. The SMILES string of the molecule is CNCC=Cc1ccc(OC)cc1OC. The molecule has 0 amide bonds. The summed E-state index contributed by atoms with van der Waals surface area (Å²) < 4.78 is 10.4. The van der Waals surface area contributed by atoms with Crippen molar-refractivity contribution >= 4 is 6.08 Å². The van der Waals surface area contributed by atoms with E-state index in [-0.39, 0.29) is 0 Å². The summed E-state index contributed by atoms with van der Waals surface area (Å²) in [4.78, 5) is 0. The first kappa shape index (κ1) is 11.6. The van der Waals surface area contributed by atoms with E-state index in [4.69, 9.17) is 9.47 Å². The van der Waals surface area contributed by atoms with Crippen LogP contribution in [0.1, 0.15) is 5.56 Å². The largest absolute Gasteiger partial charge is 0.497 e. The number of likely N-dealkylation sites (N-methyl/N-ethyl adjacent to an activating group) is 1. The first-order valence-corrected chi connectivity index (χ1v) is 4.85. The molecule has 3 heteroatoms. The van der Waals surface area contributed by atoms with E-state index < -0.39 is 0 Å². The van der Waals surface area contributed by atoms with E-state index in [2.05, 4.69) is 5.32 Å². The predicted octanol–water partition coefficient (Wildman–Crippen LogP) is 1.94. The van der Waals surface area contributed by atoms with Gasteiger partial charge < -0.3 is 14.8 Å². The standard InChI is InChI=1S/C12H17NO2/c1-13-8-4-5-10-6-7-11(14-2)9-12(10)15-3/h4-7,9,13H,8H2,1-3H3. The van der Waals surface area contributed by atoms with Crippen molar-refractivity contribution in [2.45, 2.75) is 0 Å². The van der Waals surface area contributed by atoms with Gasteiger partial charge in [-0.2, -0.15) is 0 Å². The Morgan fingerprint density at radius 3 is 2.67 bits per heavy atom. The highest BCUT2D eigenvalue weighted by molar-refractivity contribution is 5.59. The third kappa shape index (κ3) is 3.29. The van der Waals surface area contributed by atoms with Gasteiger partial charge in [0.25, 0.3) is 0 Å². The van der Waals surface area contributed by atoms with Gasteiger partial charge >= 0.3 is 0 Å². The second-order valence-corrected chi connectivity index (χ2v) is 3.07. The quantitative estimate of drug-likeness (QED) is 0.800. The molecule has 3 nitrogen and oxygen atoms in total. The van der Waals surface area contributed by atoms with Crippen LogP contribution in [0.15, 0.2) is 24.3 Å². The second-order valence-electron chi connectivity index (χ2n) is 3.07. The summed E-state index contributed by atoms with van der Waals surface area (Å²) in [5.74, 6) is 1.62. The lowest BCUT2D eigenvalue weighted by atomic mass is 10.2. The molecule has 1 aromatic carbocycles. The Hall–Kier alpha value is -1.48. The number of hydrogen-bond acceptors (Lipinski definition) is 3. The maximum absolute atomic E-state index is 5.27. The van der Waals surface area contributed by atoms with Crippen molar-refractivity contribution in [2.24, 2.45) is 0 Å². The summed E-state index contributed by atoms with van der Waals surface area (Å²) in [6.45, 7) is 0.842. The molecule has 1 N–H and O–H groups in total. The van der Waals surface area contributed by atoms with Crippen LogP contribution in [-0.4, -0.2) is 27.8 Å². The molecule has 0 saturated heterocycles. The Labute approximate surface area is 90.7 Å². The summed E-state index contributed by atoms with van der Waals surface area (Å²) >= 11 is 0. The molecule has 15 heavy (non-hydrogen) atoms. The number of hydrogen-bond donors (Lipinski definition) is 1. The first-order valence-electron chi connectivity index (χ1n) is 4.85. The maximum Gasteiger partial charge on any atom is 0.129 e. The van der Waals surface area contributed by atoms with E-state index in [0.29, 0.717) is 0 Å². The van der Waals surface area contributed by atoms with Crippen LogP contribution in [0.3, 0.4) is 0 Å². The second kappa shape index (κ2) is 6.09. The van der Waals surface area contributed by atoms with Gasteiger partial charge in [-0.15, -0.1) is 0 Å². The van der Waals surface area contributed by atoms with Crippen molar-refractivity contribution in [1.29, 1.82) is 0 Å². The molecule has 0 aliphatic heterocycles. The van der Waals surface area contributed by atoms with Crippen LogP contribution in [0.4, 0.5) is 0 Å². The summed E-state index contributed by atoms with van der Waals surface area (Å²) in [6, 6.07) is 5.77. The van der Waals surface area contributed by atoms with E-state index in [9.17, 15) is 0 Å². The molecule has 0 fully saturated rings. The molecule has 0 aromatic heterocycles. The van der Waals surface area contributed by atoms with Crippen molar-refractivity contribution in [3.8, 4) is 11.5 Å². The van der Waals surface area contributed by atoms with Crippen LogP contribution in [0.25, 0.3) is 6.08 Å². The lowest BCUT2D eigenvalue weighted by Crippen LogP contribution is -2.03. The minimum atomic E-state index is 0.803. The molecule has 0 aliphatic carbocycles. The molecule has 0 spiro atoms. The Bertz CT molecular complexity index is 334. The minimum absolute atomic E-state index is 0.803. The zero-order valence-corrected chi connectivity index (χ0v) is 9.41. The van der Waals surface area contributed by atoms with Gasteiger partial charge in [0.15, 0.2) is 0 Å². The Kier molecular flexibility index (Phi) is 4.71. The number of benzene rings is 1. The average molecular weight is 207 g/mol. The highest BCUT2D eigenvalue weighted by Gasteiger charge is 2.01. The Morgan fingerprint density at radius 2 is 2.07 bits per heavy atom. The molecule has 0 radical (unpaired) electrons. The summed E-state index contributed by atoms with van der Waals surface area (Å²) in [6.07, 6.45) is 4.07. The third-order valence-corrected chi connectivity index (χ3v) is 2.06. The lowest BCUT2D eigenvalue weighted by molar-refractivity contribution is 0.394. The molecule has 0 aliphatic rings. The van der Waals surface area contributed by atoms with Crippen molar-refractivity contribution in [3.05, 3.63) is 29.8 Å². The smallest absolute Gasteiger partial charge is 0.129 e. The van der Waals surface area contributed by atoms with Crippen LogP contribution < -0.4 is 14.8 Å². The van der Waals surface area contributed by atoms with Gasteiger partial charge in [-0.05, 0) is 19.2 Å². The van der Waals surface area contributed by atoms with Crippen LogP contribution in [-0.2, 0) is 0 Å². The summed E-state index contributed by atoms with van der Waals surface area (Å²) in [7, 11) is 5.21. The Balaban J connectivity index is 2.87. The molecule has 0 atom stereocenters. The zero-order valence-electron chi connectivity index (χ0n) is 9.41. The van der Waals surface area contributed by atoms with Gasteiger partial charge in [0.1, 0.15) is 11.5 Å². The molecule has 1 aromatic rings. The highest BCUT2D eigenvalue weighted by Crippen LogP contribution is 2.25. The van der Waals surface area contributed by atoms with E-state index in [0.717, 1.165) is 23.6 Å². The third-order valence-electron chi connectivity index (χ3n) is 2.06. The van der Waals surface area contributed by atoms with Gasteiger partial charge in [-0.25, -0.2) is 0 Å². The van der Waals surface area contributed by atoms with E-state index in [1.54, 1.807) is 14.2 Å². The van der Waals surface area contributed by atoms with E-state index in [1.165, 1.54) is 0 Å². The fourth-order valence-corrected chi connectivity index (χ4v) is 1.26. The first-order chi connectivity index (χ1) is 7.31. The Morgan fingerprint density at radius 1 is 1.27 bits per heavy atom. The van der Waals surface area contributed by atoms with Gasteiger partial charge in [-0.1, -0.05) is 12.2 Å². The zero-order chi connectivity index (χ0) is 11.1. The number of nitrogens with one attached hydrogen (secondary N) is 1. The van der Waals surface area contributed by atoms with Gasteiger partial charge in [0.2, 0.25) is 0 Å². The van der Waals surface area contributed by atoms with Crippen LogP contribution in [0.2, 0.25) is 0 Å². The summed E-state index contributed by atoms with van der Waals surface area (Å²) in [5.41, 5.74) is 1.05. The van der Waals surface area contributed by atoms with Crippen molar-refractivity contribution in [2.75, 3.05) is 27.8 Å². The van der Waals surface area contributed by atoms with Gasteiger partial charge in [-0.3, -0.25) is 0 Å². The van der Waals surface area contributed by atoms with Crippen LogP contribution in [0, 0.1) is 0 Å². The highest BCUT2D eigenvalue weighted by atomic mass is 16.5. The molecule has 82 valence electrons. The molecule has 0 unspecified atom stereocenters. The lowest BCUT2D eigenvalue weighted by Gasteiger charge is -2.07.